The Hall–Kier alpha value is -1.45. The number of nitrogen functional groups attached to an aromatic ring is 1. The summed E-state index contributed by atoms with van der Waals surface area (Å²) in [4.78, 5) is 0. The first kappa shape index (κ1) is 10.6. The van der Waals surface area contributed by atoms with E-state index in [2.05, 4.69) is 6.58 Å². The zero-order valence-corrected chi connectivity index (χ0v) is 7.43. The summed E-state index contributed by atoms with van der Waals surface area (Å²) < 4.78 is 36.9. The van der Waals surface area contributed by atoms with Crippen molar-refractivity contribution in [1.29, 1.82) is 0 Å². The smallest absolute Gasteiger partial charge is 0.399 e. The largest absolute Gasteiger partial charge is 0.416 e. The first-order valence-electron chi connectivity index (χ1n) is 4.01. The van der Waals surface area contributed by atoms with Crippen molar-refractivity contribution in [3.63, 3.8) is 0 Å². The predicted molar refractivity (Wildman–Crippen MR) is 49.8 cm³/mol. The second-order valence-electron chi connectivity index (χ2n) is 2.95. The highest BCUT2D eigenvalue weighted by atomic mass is 19.4. The van der Waals surface area contributed by atoms with Gasteiger partial charge in [0, 0.05) is 5.69 Å². The van der Waals surface area contributed by atoms with Crippen molar-refractivity contribution in [3.8, 4) is 0 Å². The van der Waals surface area contributed by atoms with Crippen LogP contribution in [0.4, 0.5) is 18.9 Å². The van der Waals surface area contributed by atoms with Gasteiger partial charge in [0.25, 0.3) is 0 Å². The molecule has 0 aliphatic heterocycles. The van der Waals surface area contributed by atoms with Crippen molar-refractivity contribution >= 4 is 5.69 Å². The highest BCUT2D eigenvalue weighted by Crippen LogP contribution is 2.31. The van der Waals surface area contributed by atoms with Crippen LogP contribution in [0.1, 0.15) is 11.1 Å². The van der Waals surface area contributed by atoms with E-state index in [1.165, 1.54) is 12.1 Å². The standard InChI is InChI=1S/C10H10F3N/c1-2-3-7-4-8(10(11,12)13)6-9(14)5-7/h2,4-6H,1,3,14H2. The van der Waals surface area contributed by atoms with Crippen LogP contribution < -0.4 is 5.73 Å². The number of allylic oxidation sites excluding steroid dienone is 1. The number of nitrogens with two attached hydrogens (primary N) is 1. The summed E-state index contributed by atoms with van der Waals surface area (Å²) in [6, 6.07) is 3.52. The van der Waals surface area contributed by atoms with E-state index >= 15 is 0 Å². The lowest BCUT2D eigenvalue weighted by Crippen LogP contribution is -2.06. The molecule has 0 radical (unpaired) electrons. The SMILES string of the molecule is C=CCc1cc(N)cc(C(F)(F)F)c1. The van der Waals surface area contributed by atoms with E-state index in [4.69, 9.17) is 5.73 Å². The van der Waals surface area contributed by atoms with Crippen molar-refractivity contribution in [3.05, 3.63) is 42.0 Å². The number of alkyl halides is 3. The summed E-state index contributed by atoms with van der Waals surface area (Å²) in [5.74, 6) is 0. The molecule has 0 saturated carbocycles. The van der Waals surface area contributed by atoms with Gasteiger partial charge in [-0.2, -0.15) is 13.2 Å². The Kier molecular flexibility index (Phi) is 2.84. The average molecular weight is 201 g/mol. The lowest BCUT2D eigenvalue weighted by Gasteiger charge is -2.09. The average Bonchev–Trinajstić information content (AvgIpc) is 2.02. The summed E-state index contributed by atoms with van der Waals surface area (Å²) in [6.07, 6.45) is -2.42. The van der Waals surface area contributed by atoms with E-state index in [1.54, 1.807) is 0 Å². The maximum absolute atomic E-state index is 12.3. The Bertz CT molecular complexity index is 342. The quantitative estimate of drug-likeness (QED) is 0.577. The second kappa shape index (κ2) is 3.74. The number of hydrogen-bond donors (Lipinski definition) is 1. The Morgan fingerprint density at radius 1 is 1.29 bits per heavy atom. The topological polar surface area (TPSA) is 26.0 Å². The Balaban J connectivity index is 3.13. The summed E-state index contributed by atoms with van der Waals surface area (Å²) >= 11 is 0. The predicted octanol–water partition coefficient (Wildman–Crippen LogP) is 3.02. The molecule has 0 aliphatic carbocycles. The first-order valence-corrected chi connectivity index (χ1v) is 4.01. The summed E-state index contributed by atoms with van der Waals surface area (Å²) in [7, 11) is 0. The zero-order chi connectivity index (χ0) is 10.8. The van der Waals surface area contributed by atoms with Crippen molar-refractivity contribution in [1.82, 2.24) is 0 Å². The fraction of sp³-hybridized carbons (Fsp3) is 0.200. The normalized spacial score (nSPS) is 11.4. The van der Waals surface area contributed by atoms with Gasteiger partial charge in [-0.1, -0.05) is 6.08 Å². The molecule has 1 aromatic carbocycles. The molecule has 0 amide bonds. The van der Waals surface area contributed by atoms with Crippen LogP contribution in [0, 0.1) is 0 Å². The van der Waals surface area contributed by atoms with E-state index in [9.17, 15) is 13.2 Å². The molecule has 0 saturated heterocycles. The molecule has 1 rings (SSSR count). The molecule has 76 valence electrons. The van der Waals surface area contributed by atoms with Gasteiger partial charge in [-0.3, -0.25) is 0 Å². The number of halogens is 3. The van der Waals surface area contributed by atoms with Crippen molar-refractivity contribution < 1.29 is 13.2 Å². The summed E-state index contributed by atoms with van der Waals surface area (Å²) in [5.41, 5.74) is 5.28. The van der Waals surface area contributed by atoms with E-state index < -0.39 is 11.7 Å². The number of rotatable bonds is 2. The molecule has 0 unspecified atom stereocenters. The van der Waals surface area contributed by atoms with Crippen LogP contribution >= 0.6 is 0 Å². The Morgan fingerprint density at radius 2 is 1.93 bits per heavy atom. The third-order valence-corrected chi connectivity index (χ3v) is 1.72. The van der Waals surface area contributed by atoms with E-state index in [1.807, 2.05) is 0 Å². The maximum Gasteiger partial charge on any atom is 0.416 e. The minimum absolute atomic E-state index is 0.122. The van der Waals surface area contributed by atoms with E-state index in [-0.39, 0.29) is 5.69 Å². The number of benzene rings is 1. The van der Waals surface area contributed by atoms with Gasteiger partial charge in [0.15, 0.2) is 0 Å². The van der Waals surface area contributed by atoms with Crippen LogP contribution in [0.15, 0.2) is 30.9 Å². The van der Waals surface area contributed by atoms with Gasteiger partial charge in [0.2, 0.25) is 0 Å². The lowest BCUT2D eigenvalue weighted by molar-refractivity contribution is -0.137. The molecule has 0 aliphatic rings. The van der Waals surface area contributed by atoms with E-state index in [0.717, 1.165) is 12.1 Å². The van der Waals surface area contributed by atoms with Crippen LogP contribution in [0.25, 0.3) is 0 Å². The molecule has 0 bridgehead atoms. The molecule has 0 spiro atoms. The van der Waals surface area contributed by atoms with Gasteiger partial charge in [0.1, 0.15) is 0 Å². The second-order valence-corrected chi connectivity index (χ2v) is 2.95. The number of hydrogen-bond acceptors (Lipinski definition) is 1. The maximum atomic E-state index is 12.3. The van der Waals surface area contributed by atoms with Crippen molar-refractivity contribution in [2.45, 2.75) is 12.6 Å². The Morgan fingerprint density at radius 3 is 2.43 bits per heavy atom. The van der Waals surface area contributed by atoms with Gasteiger partial charge in [0.05, 0.1) is 5.56 Å². The minimum atomic E-state index is -4.34. The molecule has 0 heterocycles. The van der Waals surface area contributed by atoms with Gasteiger partial charge >= 0.3 is 6.18 Å². The van der Waals surface area contributed by atoms with Gasteiger partial charge in [-0.25, -0.2) is 0 Å². The molecule has 1 nitrogen and oxygen atoms in total. The fourth-order valence-corrected chi connectivity index (χ4v) is 1.17. The molecule has 0 aromatic heterocycles. The number of anilines is 1. The van der Waals surface area contributed by atoms with Crippen LogP contribution in [0.3, 0.4) is 0 Å². The molecule has 4 heteroatoms. The molecule has 0 atom stereocenters. The fourth-order valence-electron chi connectivity index (χ4n) is 1.17. The zero-order valence-electron chi connectivity index (χ0n) is 7.43. The summed E-state index contributed by atoms with van der Waals surface area (Å²) in [6.45, 7) is 3.46. The molecule has 2 N–H and O–H groups in total. The molecule has 0 fully saturated rings. The van der Waals surface area contributed by atoms with Gasteiger partial charge in [-0.15, -0.1) is 6.58 Å². The first-order chi connectivity index (χ1) is 6.43. The molecule has 14 heavy (non-hydrogen) atoms. The minimum Gasteiger partial charge on any atom is -0.399 e. The van der Waals surface area contributed by atoms with Gasteiger partial charge in [-0.05, 0) is 30.2 Å². The van der Waals surface area contributed by atoms with Crippen LogP contribution in [0.5, 0.6) is 0 Å². The van der Waals surface area contributed by atoms with E-state index in [0.29, 0.717) is 12.0 Å². The highest BCUT2D eigenvalue weighted by molar-refractivity contribution is 5.46. The summed E-state index contributed by atoms with van der Waals surface area (Å²) in [5, 5.41) is 0. The van der Waals surface area contributed by atoms with Crippen LogP contribution in [-0.4, -0.2) is 0 Å². The highest BCUT2D eigenvalue weighted by Gasteiger charge is 2.30. The van der Waals surface area contributed by atoms with Crippen molar-refractivity contribution in [2.75, 3.05) is 5.73 Å². The molecular formula is C10H10F3N. The Labute approximate surface area is 80.0 Å². The van der Waals surface area contributed by atoms with Gasteiger partial charge < -0.3 is 5.73 Å². The van der Waals surface area contributed by atoms with Crippen LogP contribution in [0.2, 0.25) is 0 Å². The monoisotopic (exact) mass is 201 g/mol. The van der Waals surface area contributed by atoms with Crippen molar-refractivity contribution in [2.24, 2.45) is 0 Å². The van der Waals surface area contributed by atoms with Crippen LogP contribution in [-0.2, 0) is 12.6 Å². The third-order valence-electron chi connectivity index (χ3n) is 1.72. The third kappa shape index (κ3) is 2.52. The lowest BCUT2D eigenvalue weighted by atomic mass is 10.1. The molecular weight excluding hydrogens is 191 g/mol. The molecule has 1 aromatic rings.